The molecule has 2 heterocycles. The number of aromatic nitrogens is 1. The molecule has 0 bridgehead atoms. The average molecular weight is 234 g/mol. The van der Waals surface area contributed by atoms with Crippen molar-refractivity contribution in [1.29, 1.82) is 0 Å². The summed E-state index contributed by atoms with van der Waals surface area (Å²) in [5.74, 6) is 0. The van der Waals surface area contributed by atoms with Gasteiger partial charge in [0.25, 0.3) is 0 Å². The van der Waals surface area contributed by atoms with Crippen molar-refractivity contribution in [2.75, 3.05) is 11.4 Å². The average Bonchev–Trinajstić information content (AvgIpc) is 2.33. The minimum Gasteiger partial charge on any atom is -0.388 e. The van der Waals surface area contributed by atoms with E-state index in [0.717, 1.165) is 30.6 Å². The van der Waals surface area contributed by atoms with Gasteiger partial charge in [0.2, 0.25) is 0 Å². The summed E-state index contributed by atoms with van der Waals surface area (Å²) in [5.41, 5.74) is 1.66. The van der Waals surface area contributed by atoms with Crippen molar-refractivity contribution in [3.05, 3.63) is 24.0 Å². The molecule has 0 aliphatic carbocycles. The van der Waals surface area contributed by atoms with Crippen LogP contribution in [0.1, 0.15) is 39.3 Å². The van der Waals surface area contributed by atoms with E-state index in [1.54, 1.807) is 0 Å². The maximum absolute atomic E-state index is 10.2. The molecule has 0 saturated carbocycles. The molecule has 1 aliphatic heterocycles. The molecule has 1 aromatic rings. The summed E-state index contributed by atoms with van der Waals surface area (Å²) >= 11 is 0. The Morgan fingerprint density at radius 3 is 2.88 bits per heavy atom. The largest absolute Gasteiger partial charge is 0.388 e. The summed E-state index contributed by atoms with van der Waals surface area (Å²) in [6, 6.07) is 4.67. The Morgan fingerprint density at radius 1 is 1.53 bits per heavy atom. The van der Waals surface area contributed by atoms with Crippen molar-refractivity contribution < 1.29 is 5.11 Å². The molecular formula is C14H22N2O. The molecule has 0 aromatic carbocycles. The van der Waals surface area contributed by atoms with Crippen LogP contribution >= 0.6 is 0 Å². The van der Waals surface area contributed by atoms with Gasteiger partial charge in [0.05, 0.1) is 17.5 Å². The zero-order valence-corrected chi connectivity index (χ0v) is 11.0. The van der Waals surface area contributed by atoms with Crippen LogP contribution in [-0.2, 0) is 6.42 Å². The Labute approximate surface area is 103 Å². The van der Waals surface area contributed by atoms with Crippen LogP contribution in [0.5, 0.6) is 0 Å². The summed E-state index contributed by atoms with van der Waals surface area (Å²) in [6.07, 6.45) is 4.80. The number of piperidine rings is 1. The fraction of sp³-hybridized carbons (Fsp3) is 0.643. The number of pyridine rings is 1. The predicted octanol–water partition coefficient (Wildman–Crippen LogP) is 2.38. The highest BCUT2D eigenvalue weighted by Gasteiger charge is 2.32. The van der Waals surface area contributed by atoms with E-state index in [2.05, 4.69) is 35.9 Å². The quantitative estimate of drug-likeness (QED) is 0.853. The number of aryl methyl sites for hydroxylation is 1. The van der Waals surface area contributed by atoms with Crippen molar-refractivity contribution in [2.45, 2.75) is 51.7 Å². The maximum Gasteiger partial charge on any atom is 0.0794 e. The number of anilines is 1. The highest BCUT2D eigenvalue weighted by molar-refractivity contribution is 5.46. The molecule has 1 N–H and O–H groups in total. The van der Waals surface area contributed by atoms with E-state index >= 15 is 0 Å². The second-order valence-electron chi connectivity index (χ2n) is 5.37. The standard InChI is InChI=1S/C14H22N2O/c1-4-12-5-6-13(9-15-12)16-10-14(3,17)8-7-11(16)2/h5-6,9,11,17H,4,7-8,10H2,1-3H3/t11-,14+/m0/s1. The van der Waals surface area contributed by atoms with Crippen molar-refractivity contribution in [1.82, 2.24) is 4.98 Å². The third kappa shape index (κ3) is 2.78. The number of hydrogen-bond acceptors (Lipinski definition) is 3. The second kappa shape index (κ2) is 4.65. The van der Waals surface area contributed by atoms with Gasteiger partial charge < -0.3 is 10.0 Å². The summed E-state index contributed by atoms with van der Waals surface area (Å²) in [7, 11) is 0. The SMILES string of the molecule is CCc1ccc(N2C[C@](C)(O)CC[C@@H]2C)cn1. The normalized spacial score (nSPS) is 29.4. The van der Waals surface area contributed by atoms with Crippen LogP contribution in [0.2, 0.25) is 0 Å². The lowest BCUT2D eigenvalue weighted by molar-refractivity contribution is 0.0378. The van der Waals surface area contributed by atoms with Gasteiger partial charge in [-0.15, -0.1) is 0 Å². The Balaban J connectivity index is 2.18. The number of β-amino-alcohol motifs (C(OH)–C–C–N with tert-alkyl or cyclic N) is 1. The van der Waals surface area contributed by atoms with Crippen LogP contribution < -0.4 is 4.90 Å². The van der Waals surface area contributed by atoms with Gasteiger partial charge in [0.15, 0.2) is 0 Å². The molecule has 2 rings (SSSR count). The first-order valence-electron chi connectivity index (χ1n) is 6.46. The van der Waals surface area contributed by atoms with Crippen molar-refractivity contribution in [3.63, 3.8) is 0 Å². The molecule has 17 heavy (non-hydrogen) atoms. The fourth-order valence-electron chi connectivity index (χ4n) is 2.42. The molecule has 1 aliphatic rings. The molecule has 0 radical (unpaired) electrons. The molecule has 0 amide bonds. The van der Waals surface area contributed by atoms with E-state index in [4.69, 9.17) is 0 Å². The lowest BCUT2D eigenvalue weighted by Crippen LogP contribution is -2.50. The third-order valence-electron chi connectivity index (χ3n) is 3.65. The van der Waals surface area contributed by atoms with Crippen LogP contribution in [-0.4, -0.2) is 28.3 Å². The van der Waals surface area contributed by atoms with E-state index < -0.39 is 5.60 Å². The summed E-state index contributed by atoms with van der Waals surface area (Å²) < 4.78 is 0. The van der Waals surface area contributed by atoms with Gasteiger partial charge in [-0.25, -0.2) is 0 Å². The molecule has 1 saturated heterocycles. The maximum atomic E-state index is 10.2. The van der Waals surface area contributed by atoms with E-state index in [0.29, 0.717) is 12.6 Å². The molecule has 1 aromatic heterocycles. The first-order valence-corrected chi connectivity index (χ1v) is 6.46. The number of hydrogen-bond donors (Lipinski definition) is 1. The first kappa shape index (κ1) is 12.4. The van der Waals surface area contributed by atoms with Crippen LogP contribution in [0.4, 0.5) is 5.69 Å². The zero-order chi connectivity index (χ0) is 12.5. The summed E-state index contributed by atoms with van der Waals surface area (Å²) in [6.45, 7) is 6.93. The smallest absolute Gasteiger partial charge is 0.0794 e. The van der Waals surface area contributed by atoms with Gasteiger partial charge >= 0.3 is 0 Å². The molecule has 0 spiro atoms. The Morgan fingerprint density at radius 2 is 2.29 bits per heavy atom. The van der Waals surface area contributed by atoms with Crippen molar-refractivity contribution in [2.24, 2.45) is 0 Å². The molecular weight excluding hydrogens is 212 g/mol. The minimum absolute atomic E-state index is 0.476. The van der Waals surface area contributed by atoms with Crippen LogP contribution in [0.25, 0.3) is 0 Å². The van der Waals surface area contributed by atoms with E-state index in [-0.39, 0.29) is 0 Å². The van der Waals surface area contributed by atoms with Crippen LogP contribution in [0.15, 0.2) is 18.3 Å². The Hall–Kier alpha value is -1.09. The minimum atomic E-state index is -0.573. The lowest BCUT2D eigenvalue weighted by Gasteiger charge is -2.42. The topological polar surface area (TPSA) is 36.4 Å². The van der Waals surface area contributed by atoms with Gasteiger partial charge in [-0.1, -0.05) is 6.92 Å². The third-order valence-corrected chi connectivity index (χ3v) is 3.65. The van der Waals surface area contributed by atoms with Gasteiger partial charge in [0.1, 0.15) is 0 Å². The lowest BCUT2D eigenvalue weighted by atomic mass is 9.90. The van der Waals surface area contributed by atoms with Crippen molar-refractivity contribution >= 4 is 5.69 Å². The summed E-state index contributed by atoms with van der Waals surface area (Å²) in [4.78, 5) is 6.69. The molecule has 1 fully saturated rings. The molecule has 0 unspecified atom stereocenters. The van der Waals surface area contributed by atoms with Gasteiger partial charge in [-0.3, -0.25) is 4.98 Å². The molecule has 94 valence electrons. The fourth-order valence-corrected chi connectivity index (χ4v) is 2.42. The number of nitrogens with zero attached hydrogens (tertiary/aromatic N) is 2. The van der Waals surface area contributed by atoms with Gasteiger partial charge in [0, 0.05) is 18.3 Å². The van der Waals surface area contributed by atoms with Crippen molar-refractivity contribution in [3.8, 4) is 0 Å². The van der Waals surface area contributed by atoms with Gasteiger partial charge in [-0.2, -0.15) is 0 Å². The van der Waals surface area contributed by atoms with Crippen LogP contribution in [0, 0.1) is 0 Å². The predicted molar refractivity (Wildman–Crippen MR) is 70.3 cm³/mol. The van der Waals surface area contributed by atoms with Crippen LogP contribution in [0.3, 0.4) is 0 Å². The zero-order valence-electron chi connectivity index (χ0n) is 11.0. The van der Waals surface area contributed by atoms with E-state index in [1.165, 1.54) is 0 Å². The number of rotatable bonds is 2. The molecule has 3 heteroatoms. The second-order valence-corrected chi connectivity index (χ2v) is 5.37. The number of aliphatic hydroxyl groups is 1. The molecule has 2 atom stereocenters. The van der Waals surface area contributed by atoms with Gasteiger partial charge in [-0.05, 0) is 45.2 Å². The van der Waals surface area contributed by atoms with E-state index in [9.17, 15) is 5.11 Å². The highest BCUT2D eigenvalue weighted by atomic mass is 16.3. The highest BCUT2D eigenvalue weighted by Crippen LogP contribution is 2.29. The molecule has 3 nitrogen and oxygen atoms in total. The van der Waals surface area contributed by atoms with E-state index in [1.807, 2.05) is 13.1 Å². The Bertz CT molecular complexity index is 372. The Kier molecular flexibility index (Phi) is 3.38. The summed E-state index contributed by atoms with van der Waals surface area (Å²) in [5, 5.41) is 10.2. The monoisotopic (exact) mass is 234 g/mol. The first-order chi connectivity index (χ1) is 8.02.